The van der Waals surface area contributed by atoms with Crippen LogP contribution in [0.5, 0.6) is 0 Å². The van der Waals surface area contributed by atoms with Gasteiger partial charge >= 0.3 is 11.3 Å². The molecule has 0 unspecified atom stereocenters. The number of aromatic nitrogens is 4. The summed E-state index contributed by atoms with van der Waals surface area (Å²) in [5, 5.41) is 5.39. The summed E-state index contributed by atoms with van der Waals surface area (Å²) in [6, 6.07) is 3.51. The molecule has 4 aromatic rings. The number of nitrogens with zero attached hydrogens (tertiary/aromatic N) is 4. The van der Waals surface area contributed by atoms with Crippen LogP contribution in [0, 0.1) is 0 Å². The van der Waals surface area contributed by atoms with Gasteiger partial charge in [-0.05, 0) is 58.3 Å². The molecule has 5 rings (SSSR count). The summed E-state index contributed by atoms with van der Waals surface area (Å²) >= 11 is 0. The third kappa shape index (κ3) is 4.07. The maximum Gasteiger partial charge on any atom is 0.423 e. The summed E-state index contributed by atoms with van der Waals surface area (Å²) in [5.74, 6) is 0.995. The lowest BCUT2D eigenvalue weighted by molar-refractivity contribution is 0.157. The van der Waals surface area contributed by atoms with Gasteiger partial charge in [-0.25, -0.2) is 14.6 Å². The molecule has 1 saturated heterocycles. The van der Waals surface area contributed by atoms with E-state index in [4.69, 9.17) is 18.7 Å². The highest BCUT2D eigenvalue weighted by atomic mass is 16.5. The Labute approximate surface area is 195 Å². The fourth-order valence-electron chi connectivity index (χ4n) is 4.76. The van der Waals surface area contributed by atoms with Gasteiger partial charge in [0, 0.05) is 44.1 Å². The summed E-state index contributed by atoms with van der Waals surface area (Å²) in [6.07, 6.45) is 5.03. The topological polar surface area (TPSA) is 119 Å². The Balaban J connectivity index is 1.49. The molecule has 0 aliphatic carbocycles. The Morgan fingerprint density at radius 1 is 1.18 bits per heavy atom. The molecule has 0 radical (unpaired) electrons. The predicted molar refractivity (Wildman–Crippen MR) is 127 cm³/mol. The molecule has 1 aliphatic rings. The van der Waals surface area contributed by atoms with Gasteiger partial charge in [-0.1, -0.05) is 0 Å². The molecule has 1 N–H and O–H groups in total. The van der Waals surface area contributed by atoms with Crippen LogP contribution in [0.1, 0.15) is 50.8 Å². The van der Waals surface area contributed by atoms with Gasteiger partial charge in [0.1, 0.15) is 5.69 Å². The first-order valence-electron chi connectivity index (χ1n) is 11.7. The SMILES string of the molecule is COCCCN1CCC(c2cnc(-c3nn(C(C)C)c4ccc5oc(=O)c(=O)oc5c34)[nH]2)CC1. The number of ether oxygens (including phenoxy) is 1. The standard InChI is InChI=1S/C24H29N5O5/c1-14(2)29-17-5-6-18-21(34-24(31)23(30)33-18)19(17)20(27-29)22-25-13-16(26-22)15-7-10-28(11-8-15)9-4-12-32-3/h5-6,13-15H,4,7-12H2,1-3H3,(H,25,26). The minimum atomic E-state index is -1.04. The first-order valence-corrected chi connectivity index (χ1v) is 11.7. The molecular formula is C24H29N5O5. The number of hydrogen-bond donors (Lipinski definition) is 1. The lowest BCUT2D eigenvalue weighted by Crippen LogP contribution is -2.34. The van der Waals surface area contributed by atoms with Crippen LogP contribution in [0.25, 0.3) is 33.6 Å². The zero-order valence-corrected chi connectivity index (χ0v) is 19.7. The molecule has 1 aliphatic heterocycles. The van der Waals surface area contributed by atoms with Crippen molar-refractivity contribution in [2.75, 3.05) is 33.4 Å². The number of fused-ring (bicyclic) bond motifs is 3. The Hall–Kier alpha value is -3.24. The van der Waals surface area contributed by atoms with Crippen molar-refractivity contribution in [3.8, 4) is 11.5 Å². The quantitative estimate of drug-likeness (QED) is 0.325. The molecule has 10 heteroatoms. The molecule has 0 amide bonds. The zero-order chi connectivity index (χ0) is 23.8. The Morgan fingerprint density at radius 3 is 2.68 bits per heavy atom. The van der Waals surface area contributed by atoms with Crippen LogP contribution in [-0.4, -0.2) is 58.0 Å². The highest BCUT2D eigenvalue weighted by molar-refractivity contribution is 6.07. The first-order chi connectivity index (χ1) is 16.5. The Morgan fingerprint density at radius 2 is 1.94 bits per heavy atom. The second kappa shape index (κ2) is 9.19. The monoisotopic (exact) mass is 467 g/mol. The van der Waals surface area contributed by atoms with Crippen LogP contribution in [0.2, 0.25) is 0 Å². The van der Waals surface area contributed by atoms with Gasteiger partial charge in [-0.3, -0.25) is 4.68 Å². The second-order valence-electron chi connectivity index (χ2n) is 9.10. The molecule has 0 bridgehead atoms. The van der Waals surface area contributed by atoms with Crippen LogP contribution in [0.4, 0.5) is 0 Å². The number of imidazole rings is 1. The summed E-state index contributed by atoms with van der Waals surface area (Å²) < 4.78 is 17.5. The van der Waals surface area contributed by atoms with Crippen LogP contribution in [-0.2, 0) is 4.74 Å². The van der Waals surface area contributed by atoms with Crippen molar-refractivity contribution in [1.29, 1.82) is 0 Å². The highest BCUT2D eigenvalue weighted by Crippen LogP contribution is 2.35. The van der Waals surface area contributed by atoms with Crippen LogP contribution in [0.15, 0.2) is 36.8 Å². The molecule has 3 aromatic heterocycles. The number of aromatic amines is 1. The maximum atomic E-state index is 12.0. The number of rotatable bonds is 7. The first kappa shape index (κ1) is 22.5. The summed E-state index contributed by atoms with van der Waals surface area (Å²) in [4.78, 5) is 34.2. The third-order valence-electron chi connectivity index (χ3n) is 6.51. The molecule has 0 atom stereocenters. The van der Waals surface area contributed by atoms with Crippen molar-refractivity contribution in [2.24, 2.45) is 0 Å². The van der Waals surface area contributed by atoms with Gasteiger partial charge in [-0.2, -0.15) is 5.10 Å². The smallest absolute Gasteiger partial charge is 0.414 e. The van der Waals surface area contributed by atoms with Crippen molar-refractivity contribution in [2.45, 2.75) is 45.1 Å². The average Bonchev–Trinajstić information content (AvgIpc) is 3.46. The van der Waals surface area contributed by atoms with Gasteiger partial charge in [0.15, 0.2) is 17.0 Å². The summed E-state index contributed by atoms with van der Waals surface area (Å²) in [6.45, 7) is 7.98. The number of methoxy groups -OCH3 is 1. The van der Waals surface area contributed by atoms with Crippen molar-refractivity contribution >= 4 is 22.1 Å². The van der Waals surface area contributed by atoms with Crippen molar-refractivity contribution in [3.05, 3.63) is 44.9 Å². The fourth-order valence-corrected chi connectivity index (χ4v) is 4.76. The minimum Gasteiger partial charge on any atom is -0.414 e. The number of benzene rings is 1. The van der Waals surface area contributed by atoms with Gasteiger partial charge < -0.3 is 23.5 Å². The lowest BCUT2D eigenvalue weighted by atomic mass is 9.94. The van der Waals surface area contributed by atoms with E-state index in [0.29, 0.717) is 22.8 Å². The molecule has 1 fully saturated rings. The number of likely N-dealkylation sites (tertiary alicyclic amines) is 1. The van der Waals surface area contributed by atoms with Gasteiger partial charge in [0.05, 0.1) is 10.9 Å². The van der Waals surface area contributed by atoms with E-state index >= 15 is 0 Å². The minimum absolute atomic E-state index is 0.0630. The van der Waals surface area contributed by atoms with Crippen LogP contribution in [0.3, 0.4) is 0 Å². The lowest BCUT2D eigenvalue weighted by Gasteiger charge is -2.31. The van der Waals surface area contributed by atoms with Crippen LogP contribution >= 0.6 is 0 Å². The van der Waals surface area contributed by atoms with Crippen LogP contribution < -0.4 is 11.3 Å². The maximum absolute atomic E-state index is 12.0. The van der Waals surface area contributed by atoms with Crippen molar-refractivity contribution < 1.29 is 13.6 Å². The highest BCUT2D eigenvalue weighted by Gasteiger charge is 2.25. The zero-order valence-electron chi connectivity index (χ0n) is 19.7. The summed E-state index contributed by atoms with van der Waals surface area (Å²) in [7, 11) is 1.74. The molecule has 34 heavy (non-hydrogen) atoms. The van der Waals surface area contributed by atoms with Gasteiger partial charge in [0.2, 0.25) is 0 Å². The van der Waals surface area contributed by atoms with E-state index in [0.717, 1.165) is 56.7 Å². The normalized spacial score (nSPS) is 15.8. The number of nitrogens with one attached hydrogen (secondary N) is 1. The van der Waals surface area contributed by atoms with Gasteiger partial charge in [-0.15, -0.1) is 0 Å². The van der Waals surface area contributed by atoms with E-state index in [1.807, 2.05) is 30.8 Å². The third-order valence-corrected chi connectivity index (χ3v) is 6.51. The Bertz CT molecular complexity index is 1420. The summed E-state index contributed by atoms with van der Waals surface area (Å²) in [5.41, 5.74) is 0.748. The molecule has 0 saturated carbocycles. The van der Waals surface area contributed by atoms with E-state index in [1.165, 1.54) is 0 Å². The molecule has 180 valence electrons. The second-order valence-corrected chi connectivity index (χ2v) is 9.10. The van der Waals surface area contributed by atoms with E-state index in [1.54, 1.807) is 13.2 Å². The Kier molecular flexibility index (Phi) is 6.09. The van der Waals surface area contributed by atoms with E-state index < -0.39 is 11.3 Å². The molecule has 0 spiro atoms. The van der Waals surface area contributed by atoms with E-state index in [9.17, 15) is 9.59 Å². The van der Waals surface area contributed by atoms with Gasteiger partial charge in [0.25, 0.3) is 0 Å². The predicted octanol–water partition coefficient (Wildman–Crippen LogP) is 3.28. The molecule has 10 nitrogen and oxygen atoms in total. The van der Waals surface area contributed by atoms with E-state index in [2.05, 4.69) is 14.9 Å². The largest absolute Gasteiger partial charge is 0.423 e. The number of hydrogen-bond acceptors (Lipinski definition) is 8. The number of H-pyrrole nitrogens is 1. The molecular weight excluding hydrogens is 438 g/mol. The molecule has 4 heterocycles. The average molecular weight is 468 g/mol. The van der Waals surface area contributed by atoms with E-state index in [-0.39, 0.29) is 17.2 Å². The number of piperidine rings is 1. The fraction of sp³-hybridized carbons (Fsp3) is 0.500. The van der Waals surface area contributed by atoms with Crippen molar-refractivity contribution in [1.82, 2.24) is 24.6 Å². The van der Waals surface area contributed by atoms with Crippen molar-refractivity contribution in [3.63, 3.8) is 0 Å². The molecule has 1 aromatic carbocycles.